The van der Waals surface area contributed by atoms with E-state index in [2.05, 4.69) is 41.6 Å². The molecule has 2 aromatic rings. The number of hydrogen-bond acceptors (Lipinski definition) is 3. The summed E-state index contributed by atoms with van der Waals surface area (Å²) in [7, 11) is 0. The van der Waals surface area contributed by atoms with Crippen LogP contribution in [-0.2, 0) is 13.0 Å². The van der Waals surface area contributed by atoms with Gasteiger partial charge in [0.1, 0.15) is 11.5 Å². The quantitative estimate of drug-likeness (QED) is 0.805. The van der Waals surface area contributed by atoms with Gasteiger partial charge in [0.05, 0.1) is 4.47 Å². The van der Waals surface area contributed by atoms with Crippen LogP contribution in [0.15, 0.2) is 23.1 Å². The molecule has 0 N–H and O–H groups in total. The van der Waals surface area contributed by atoms with Gasteiger partial charge < -0.3 is 4.57 Å². The Balaban J connectivity index is 2.00. The largest absolute Gasteiger partial charge is 0.334 e. The van der Waals surface area contributed by atoms with Crippen LogP contribution in [0.2, 0.25) is 0 Å². The third-order valence-corrected chi connectivity index (χ3v) is 3.17. The number of rotatable bonds is 1. The van der Waals surface area contributed by atoms with E-state index in [-0.39, 0.29) is 0 Å². The molecule has 0 saturated carbocycles. The summed E-state index contributed by atoms with van der Waals surface area (Å²) < 4.78 is 3.10. The summed E-state index contributed by atoms with van der Waals surface area (Å²) in [5.41, 5.74) is 0.879. The van der Waals surface area contributed by atoms with E-state index < -0.39 is 0 Å². The SMILES string of the molecule is Brc1cnc(-c2cn3c(n2)CCCC3)nc1. The Kier molecular flexibility index (Phi) is 2.47. The van der Waals surface area contributed by atoms with E-state index in [0.717, 1.165) is 29.0 Å². The Morgan fingerprint density at radius 1 is 1.19 bits per heavy atom. The molecule has 0 amide bonds. The summed E-state index contributed by atoms with van der Waals surface area (Å²) in [6.45, 7) is 1.07. The number of halogens is 1. The van der Waals surface area contributed by atoms with Gasteiger partial charge in [0.25, 0.3) is 0 Å². The number of aromatic nitrogens is 4. The molecular formula is C11H11BrN4. The fourth-order valence-electron chi connectivity index (χ4n) is 1.96. The Morgan fingerprint density at radius 3 is 2.75 bits per heavy atom. The molecule has 1 aliphatic heterocycles. The maximum absolute atomic E-state index is 4.57. The van der Waals surface area contributed by atoms with Gasteiger partial charge in [-0.1, -0.05) is 0 Å². The average molecular weight is 279 g/mol. The van der Waals surface area contributed by atoms with Crippen molar-refractivity contribution >= 4 is 15.9 Å². The van der Waals surface area contributed by atoms with Crippen molar-refractivity contribution in [2.45, 2.75) is 25.8 Å². The van der Waals surface area contributed by atoms with E-state index in [1.807, 2.05) is 0 Å². The smallest absolute Gasteiger partial charge is 0.179 e. The van der Waals surface area contributed by atoms with E-state index >= 15 is 0 Å². The Labute approximate surface area is 102 Å². The van der Waals surface area contributed by atoms with Crippen LogP contribution in [0, 0.1) is 0 Å². The van der Waals surface area contributed by atoms with Crippen molar-refractivity contribution < 1.29 is 0 Å². The summed E-state index contributed by atoms with van der Waals surface area (Å²) >= 11 is 3.32. The second-order valence-electron chi connectivity index (χ2n) is 3.92. The van der Waals surface area contributed by atoms with Gasteiger partial charge in [-0.25, -0.2) is 15.0 Å². The third kappa shape index (κ3) is 1.75. The zero-order valence-corrected chi connectivity index (χ0v) is 10.3. The summed E-state index contributed by atoms with van der Waals surface area (Å²) in [4.78, 5) is 13.1. The lowest BCUT2D eigenvalue weighted by Gasteiger charge is -2.11. The number of fused-ring (bicyclic) bond motifs is 1. The molecule has 0 radical (unpaired) electrons. The van der Waals surface area contributed by atoms with Crippen LogP contribution in [0.5, 0.6) is 0 Å². The summed E-state index contributed by atoms with van der Waals surface area (Å²) in [5, 5.41) is 0. The molecule has 0 spiro atoms. The van der Waals surface area contributed by atoms with Gasteiger partial charge in [-0.2, -0.15) is 0 Å². The molecule has 16 heavy (non-hydrogen) atoms. The van der Waals surface area contributed by atoms with Crippen LogP contribution in [0.25, 0.3) is 11.5 Å². The standard InChI is InChI=1S/C11H11BrN4/c12-8-5-13-11(14-6-8)9-7-16-4-2-1-3-10(16)15-9/h5-7H,1-4H2. The van der Waals surface area contributed by atoms with E-state index in [1.165, 1.54) is 12.8 Å². The van der Waals surface area contributed by atoms with Crippen molar-refractivity contribution in [3.05, 3.63) is 28.9 Å². The molecule has 1 aliphatic rings. The van der Waals surface area contributed by atoms with E-state index in [4.69, 9.17) is 0 Å². The monoisotopic (exact) mass is 278 g/mol. The third-order valence-electron chi connectivity index (χ3n) is 2.76. The number of aryl methyl sites for hydroxylation is 2. The second-order valence-corrected chi connectivity index (χ2v) is 4.83. The average Bonchev–Trinajstić information content (AvgIpc) is 2.73. The Bertz CT molecular complexity index is 480. The second kappa shape index (κ2) is 3.97. The first-order chi connectivity index (χ1) is 7.83. The molecule has 3 heterocycles. The van der Waals surface area contributed by atoms with Crippen LogP contribution >= 0.6 is 15.9 Å². The molecule has 0 saturated heterocycles. The summed E-state index contributed by atoms with van der Waals surface area (Å²) in [6.07, 6.45) is 9.09. The molecule has 0 bridgehead atoms. The zero-order chi connectivity index (χ0) is 11.0. The van der Waals surface area contributed by atoms with Crippen molar-refractivity contribution in [2.24, 2.45) is 0 Å². The topological polar surface area (TPSA) is 43.6 Å². The highest BCUT2D eigenvalue weighted by atomic mass is 79.9. The highest BCUT2D eigenvalue weighted by molar-refractivity contribution is 9.10. The van der Waals surface area contributed by atoms with Gasteiger partial charge in [0.15, 0.2) is 5.82 Å². The van der Waals surface area contributed by atoms with Crippen molar-refractivity contribution in [2.75, 3.05) is 0 Å². The number of hydrogen-bond donors (Lipinski definition) is 0. The molecule has 0 unspecified atom stereocenters. The lowest BCUT2D eigenvalue weighted by molar-refractivity contribution is 0.522. The molecule has 4 nitrogen and oxygen atoms in total. The predicted octanol–water partition coefficient (Wildman–Crippen LogP) is 2.44. The molecule has 0 aliphatic carbocycles. The number of nitrogens with zero attached hydrogens (tertiary/aromatic N) is 4. The molecular weight excluding hydrogens is 268 g/mol. The van der Waals surface area contributed by atoms with Crippen LogP contribution in [-0.4, -0.2) is 19.5 Å². The van der Waals surface area contributed by atoms with Gasteiger partial charge in [-0.15, -0.1) is 0 Å². The highest BCUT2D eigenvalue weighted by Crippen LogP contribution is 2.20. The fourth-order valence-corrected chi connectivity index (χ4v) is 2.17. The molecule has 2 aromatic heterocycles. The lowest BCUT2D eigenvalue weighted by atomic mass is 10.2. The minimum Gasteiger partial charge on any atom is -0.334 e. The molecule has 0 atom stereocenters. The molecule has 3 rings (SSSR count). The first-order valence-corrected chi connectivity index (χ1v) is 6.16. The van der Waals surface area contributed by atoms with Crippen molar-refractivity contribution in [1.82, 2.24) is 19.5 Å². The van der Waals surface area contributed by atoms with E-state index in [1.54, 1.807) is 12.4 Å². The van der Waals surface area contributed by atoms with Crippen molar-refractivity contribution in [3.63, 3.8) is 0 Å². The van der Waals surface area contributed by atoms with Crippen LogP contribution in [0.4, 0.5) is 0 Å². The molecule has 0 aromatic carbocycles. The van der Waals surface area contributed by atoms with E-state index in [9.17, 15) is 0 Å². The molecule has 5 heteroatoms. The van der Waals surface area contributed by atoms with Gasteiger partial charge in [0, 0.05) is 31.6 Å². The molecule has 82 valence electrons. The van der Waals surface area contributed by atoms with Gasteiger partial charge in [0.2, 0.25) is 0 Å². The van der Waals surface area contributed by atoms with E-state index in [0.29, 0.717) is 5.82 Å². The summed E-state index contributed by atoms with van der Waals surface area (Å²) in [6, 6.07) is 0. The van der Waals surface area contributed by atoms with Crippen LogP contribution in [0.1, 0.15) is 18.7 Å². The highest BCUT2D eigenvalue weighted by Gasteiger charge is 2.14. The van der Waals surface area contributed by atoms with Crippen molar-refractivity contribution in [3.8, 4) is 11.5 Å². The van der Waals surface area contributed by atoms with Crippen molar-refractivity contribution in [1.29, 1.82) is 0 Å². The number of imidazole rings is 1. The van der Waals surface area contributed by atoms with Crippen LogP contribution < -0.4 is 0 Å². The van der Waals surface area contributed by atoms with Gasteiger partial charge in [-0.05, 0) is 28.8 Å². The maximum atomic E-state index is 4.57. The first-order valence-electron chi connectivity index (χ1n) is 5.37. The van der Waals surface area contributed by atoms with Crippen LogP contribution in [0.3, 0.4) is 0 Å². The predicted molar refractivity (Wildman–Crippen MR) is 63.9 cm³/mol. The maximum Gasteiger partial charge on any atom is 0.179 e. The fraction of sp³-hybridized carbons (Fsp3) is 0.364. The Morgan fingerprint density at radius 2 is 2.00 bits per heavy atom. The minimum absolute atomic E-state index is 0.699. The lowest BCUT2D eigenvalue weighted by Crippen LogP contribution is -2.08. The van der Waals surface area contributed by atoms with Gasteiger partial charge in [-0.3, -0.25) is 0 Å². The zero-order valence-electron chi connectivity index (χ0n) is 8.73. The molecule has 0 fully saturated rings. The Hall–Kier alpha value is -1.23. The van der Waals surface area contributed by atoms with Gasteiger partial charge >= 0.3 is 0 Å². The summed E-state index contributed by atoms with van der Waals surface area (Å²) in [5.74, 6) is 1.86. The minimum atomic E-state index is 0.699. The normalized spacial score (nSPS) is 14.8. The first kappa shape index (κ1) is 9.96.